The van der Waals surface area contributed by atoms with Crippen molar-refractivity contribution < 1.29 is 0 Å². The summed E-state index contributed by atoms with van der Waals surface area (Å²) in [7, 11) is 0. The van der Waals surface area contributed by atoms with Crippen molar-refractivity contribution in [3.05, 3.63) is 0 Å². The van der Waals surface area contributed by atoms with Crippen LogP contribution in [0.1, 0.15) is 27.2 Å². The molecule has 0 fully saturated rings. The monoisotopic (exact) mass is 136 g/mol. The summed E-state index contributed by atoms with van der Waals surface area (Å²) >= 11 is 0. The van der Waals surface area contributed by atoms with Gasteiger partial charge in [0, 0.05) is 0 Å². The van der Waals surface area contributed by atoms with E-state index in [-0.39, 0.29) is 5.92 Å². The van der Waals surface area contributed by atoms with Gasteiger partial charge in [0.2, 0.25) is 0 Å². The standard InChI is InChI=1S/C8H12N2/c1-4-7(2)8(3,5-9)6-10/h7H,4H2,1-3H3/t7-/m0/s1. The molecule has 0 aliphatic rings. The Labute approximate surface area is 62.1 Å². The number of hydrogen-bond donors (Lipinski definition) is 0. The fourth-order valence-corrected chi connectivity index (χ4v) is 0.654. The van der Waals surface area contributed by atoms with Crippen LogP contribution in [-0.2, 0) is 0 Å². The van der Waals surface area contributed by atoms with Crippen LogP contribution in [0.2, 0.25) is 0 Å². The van der Waals surface area contributed by atoms with Gasteiger partial charge in [-0.25, -0.2) is 0 Å². The summed E-state index contributed by atoms with van der Waals surface area (Å²) in [6.45, 7) is 5.59. The van der Waals surface area contributed by atoms with E-state index in [1.165, 1.54) is 0 Å². The minimum Gasteiger partial charge on any atom is -0.197 e. The average Bonchev–Trinajstić information content (AvgIpc) is 2.01. The molecule has 0 aliphatic heterocycles. The highest BCUT2D eigenvalue weighted by Crippen LogP contribution is 2.27. The van der Waals surface area contributed by atoms with Crippen LogP contribution in [0.3, 0.4) is 0 Å². The van der Waals surface area contributed by atoms with Gasteiger partial charge in [-0.15, -0.1) is 0 Å². The zero-order valence-electron chi connectivity index (χ0n) is 6.68. The number of nitrogens with zero attached hydrogens (tertiary/aromatic N) is 2. The largest absolute Gasteiger partial charge is 0.197 e. The normalized spacial score (nSPS) is 13.3. The molecule has 0 aromatic heterocycles. The summed E-state index contributed by atoms with van der Waals surface area (Å²) in [6, 6.07) is 4.04. The van der Waals surface area contributed by atoms with Gasteiger partial charge in [0.25, 0.3) is 0 Å². The molecule has 0 saturated heterocycles. The first-order chi connectivity index (χ1) is 4.60. The summed E-state index contributed by atoms with van der Waals surface area (Å²) in [5, 5.41) is 17.2. The highest BCUT2D eigenvalue weighted by molar-refractivity contribution is 5.12. The van der Waals surface area contributed by atoms with Crippen molar-refractivity contribution in [2.45, 2.75) is 27.2 Å². The first-order valence-corrected chi connectivity index (χ1v) is 3.43. The Kier molecular flexibility index (Phi) is 2.90. The Morgan fingerprint density at radius 1 is 1.40 bits per heavy atom. The van der Waals surface area contributed by atoms with E-state index >= 15 is 0 Å². The molecule has 10 heavy (non-hydrogen) atoms. The molecule has 0 bridgehead atoms. The summed E-state index contributed by atoms with van der Waals surface area (Å²) in [6.07, 6.45) is 0.873. The quantitative estimate of drug-likeness (QED) is 0.583. The minimum atomic E-state index is -0.797. The fraction of sp³-hybridized carbons (Fsp3) is 0.750. The van der Waals surface area contributed by atoms with E-state index < -0.39 is 5.41 Å². The minimum absolute atomic E-state index is 0.155. The predicted molar refractivity (Wildman–Crippen MR) is 38.8 cm³/mol. The molecule has 0 aliphatic carbocycles. The van der Waals surface area contributed by atoms with Crippen molar-refractivity contribution in [2.75, 3.05) is 0 Å². The third-order valence-corrected chi connectivity index (χ3v) is 2.06. The van der Waals surface area contributed by atoms with Crippen molar-refractivity contribution in [1.82, 2.24) is 0 Å². The van der Waals surface area contributed by atoms with Gasteiger partial charge in [-0.1, -0.05) is 20.3 Å². The molecular weight excluding hydrogens is 124 g/mol. The third-order valence-electron chi connectivity index (χ3n) is 2.06. The maximum atomic E-state index is 8.61. The van der Waals surface area contributed by atoms with E-state index in [1.54, 1.807) is 6.92 Å². The molecule has 1 atom stereocenters. The van der Waals surface area contributed by atoms with Crippen LogP contribution in [0.15, 0.2) is 0 Å². The topological polar surface area (TPSA) is 47.6 Å². The van der Waals surface area contributed by atoms with E-state index in [2.05, 4.69) is 0 Å². The van der Waals surface area contributed by atoms with Crippen molar-refractivity contribution in [2.24, 2.45) is 11.3 Å². The molecule has 0 heterocycles. The molecule has 0 saturated carbocycles. The van der Waals surface area contributed by atoms with Crippen molar-refractivity contribution in [3.8, 4) is 12.1 Å². The molecular formula is C8H12N2. The lowest BCUT2D eigenvalue weighted by atomic mass is 9.79. The van der Waals surface area contributed by atoms with Crippen molar-refractivity contribution in [3.63, 3.8) is 0 Å². The maximum absolute atomic E-state index is 8.61. The van der Waals surface area contributed by atoms with E-state index in [4.69, 9.17) is 10.5 Å². The van der Waals surface area contributed by atoms with Crippen molar-refractivity contribution >= 4 is 0 Å². The second kappa shape index (κ2) is 3.22. The van der Waals surface area contributed by atoms with Gasteiger partial charge < -0.3 is 0 Å². The highest BCUT2D eigenvalue weighted by atomic mass is 14.4. The van der Waals surface area contributed by atoms with Gasteiger partial charge in [-0.05, 0) is 12.8 Å². The van der Waals surface area contributed by atoms with Crippen LogP contribution in [0.25, 0.3) is 0 Å². The van der Waals surface area contributed by atoms with Crippen LogP contribution >= 0.6 is 0 Å². The predicted octanol–water partition coefficient (Wildman–Crippen LogP) is 2.09. The van der Waals surface area contributed by atoms with E-state index in [0.29, 0.717) is 0 Å². The Morgan fingerprint density at radius 2 is 1.80 bits per heavy atom. The Hall–Kier alpha value is -1.02. The number of rotatable bonds is 2. The van der Waals surface area contributed by atoms with Gasteiger partial charge in [-0.3, -0.25) is 0 Å². The fourth-order valence-electron chi connectivity index (χ4n) is 0.654. The molecule has 2 nitrogen and oxygen atoms in total. The van der Waals surface area contributed by atoms with Crippen LogP contribution in [0.4, 0.5) is 0 Å². The smallest absolute Gasteiger partial charge is 0.143 e. The molecule has 0 N–H and O–H groups in total. The average molecular weight is 136 g/mol. The third kappa shape index (κ3) is 1.48. The molecule has 2 heteroatoms. The van der Waals surface area contributed by atoms with Gasteiger partial charge in [0.15, 0.2) is 0 Å². The first-order valence-electron chi connectivity index (χ1n) is 3.43. The van der Waals surface area contributed by atoms with Crippen LogP contribution in [0, 0.1) is 34.0 Å². The van der Waals surface area contributed by atoms with Gasteiger partial charge >= 0.3 is 0 Å². The first kappa shape index (κ1) is 8.98. The second-order valence-electron chi connectivity index (χ2n) is 2.74. The van der Waals surface area contributed by atoms with E-state index in [9.17, 15) is 0 Å². The molecule has 0 rings (SSSR count). The van der Waals surface area contributed by atoms with E-state index in [0.717, 1.165) is 6.42 Å². The summed E-state index contributed by atoms with van der Waals surface area (Å²) in [5.41, 5.74) is -0.797. The highest BCUT2D eigenvalue weighted by Gasteiger charge is 2.29. The van der Waals surface area contributed by atoms with Crippen LogP contribution in [0.5, 0.6) is 0 Å². The second-order valence-corrected chi connectivity index (χ2v) is 2.74. The molecule has 0 amide bonds. The molecule has 0 spiro atoms. The van der Waals surface area contributed by atoms with Gasteiger partial charge in [0.1, 0.15) is 5.41 Å². The zero-order chi connectivity index (χ0) is 8.20. The van der Waals surface area contributed by atoms with E-state index in [1.807, 2.05) is 26.0 Å². The Bertz CT molecular complexity index is 168. The Balaban J connectivity index is 4.41. The zero-order valence-corrected chi connectivity index (χ0v) is 6.68. The van der Waals surface area contributed by atoms with Crippen LogP contribution < -0.4 is 0 Å². The van der Waals surface area contributed by atoms with Gasteiger partial charge in [0.05, 0.1) is 12.1 Å². The summed E-state index contributed by atoms with van der Waals surface area (Å²) in [4.78, 5) is 0. The number of nitriles is 2. The molecule has 0 aromatic rings. The lowest BCUT2D eigenvalue weighted by molar-refractivity contribution is 0.363. The maximum Gasteiger partial charge on any atom is 0.143 e. The Morgan fingerprint density at radius 3 is 1.90 bits per heavy atom. The number of hydrogen-bond acceptors (Lipinski definition) is 2. The lowest BCUT2D eigenvalue weighted by Crippen LogP contribution is -2.20. The molecule has 0 unspecified atom stereocenters. The van der Waals surface area contributed by atoms with Crippen molar-refractivity contribution in [1.29, 1.82) is 10.5 Å². The molecule has 0 radical (unpaired) electrons. The summed E-state index contributed by atoms with van der Waals surface area (Å²) < 4.78 is 0. The van der Waals surface area contributed by atoms with Crippen LogP contribution in [-0.4, -0.2) is 0 Å². The van der Waals surface area contributed by atoms with Gasteiger partial charge in [-0.2, -0.15) is 10.5 Å². The summed E-state index contributed by atoms with van der Waals surface area (Å²) in [5.74, 6) is 0.155. The molecule has 0 aromatic carbocycles. The lowest BCUT2D eigenvalue weighted by Gasteiger charge is -2.18. The molecule has 54 valence electrons. The SMILES string of the molecule is CC[C@H](C)C(C)(C#N)C#N.